The van der Waals surface area contributed by atoms with Gasteiger partial charge in [-0.3, -0.25) is 4.18 Å². The monoisotopic (exact) mass is 396 g/mol. The lowest BCUT2D eigenvalue weighted by Gasteiger charge is -2.08. The van der Waals surface area contributed by atoms with E-state index in [2.05, 4.69) is 0 Å². The average molecular weight is 396 g/mol. The number of rotatable bonds is 7. The third-order valence-corrected chi connectivity index (χ3v) is 5.35. The predicted molar refractivity (Wildman–Crippen MR) is 106 cm³/mol. The quantitative estimate of drug-likeness (QED) is 0.436. The predicted octanol–water partition coefficient (Wildman–Crippen LogP) is 4.44. The minimum atomic E-state index is -3.79. The third kappa shape index (κ3) is 4.85. The van der Waals surface area contributed by atoms with E-state index in [1.807, 2.05) is 18.2 Å². The second-order valence-electron chi connectivity index (χ2n) is 6.03. The first kappa shape index (κ1) is 19.8. The molecule has 0 atom stereocenters. The summed E-state index contributed by atoms with van der Waals surface area (Å²) in [4.78, 5) is 12.0. The minimum Gasteiger partial charge on any atom is -0.462 e. The number of carbonyl (C=O) groups excluding carboxylic acids is 1. The Morgan fingerprint density at radius 3 is 2.25 bits per heavy atom. The molecule has 3 aromatic rings. The maximum Gasteiger partial charge on any atom is 0.338 e. The van der Waals surface area contributed by atoms with Gasteiger partial charge in [0, 0.05) is 0 Å². The first-order valence-electron chi connectivity index (χ1n) is 8.80. The third-order valence-electron chi connectivity index (χ3n) is 4.07. The largest absolute Gasteiger partial charge is 0.462 e. The van der Waals surface area contributed by atoms with Gasteiger partial charge >= 0.3 is 5.97 Å². The lowest BCUT2D eigenvalue weighted by atomic mass is 10.0. The van der Waals surface area contributed by atoms with Gasteiger partial charge in [0.2, 0.25) is 0 Å². The van der Waals surface area contributed by atoms with Crippen molar-refractivity contribution in [1.82, 2.24) is 0 Å². The standard InChI is InChI=1S/C22H20O5S/c1-2-26-22(23)20-8-6-7-19(15-20)18-13-11-17(12-14-18)16-27-28(24,25)21-9-4-3-5-10-21/h3-15H,2,16H2,1H3. The van der Waals surface area contributed by atoms with E-state index in [0.29, 0.717) is 12.2 Å². The van der Waals surface area contributed by atoms with Gasteiger partial charge in [0.1, 0.15) is 0 Å². The van der Waals surface area contributed by atoms with Gasteiger partial charge in [0.15, 0.2) is 0 Å². The van der Waals surface area contributed by atoms with E-state index in [4.69, 9.17) is 8.92 Å². The Kier molecular flexibility index (Phi) is 6.23. The number of hydrogen-bond donors (Lipinski definition) is 0. The molecule has 3 rings (SSSR count). The Bertz CT molecular complexity index is 1040. The van der Waals surface area contributed by atoms with E-state index < -0.39 is 10.1 Å². The van der Waals surface area contributed by atoms with Crippen molar-refractivity contribution in [3.8, 4) is 11.1 Å². The molecule has 0 aromatic heterocycles. The van der Waals surface area contributed by atoms with Crippen LogP contribution in [-0.4, -0.2) is 21.0 Å². The molecule has 5 nitrogen and oxygen atoms in total. The van der Waals surface area contributed by atoms with Crippen LogP contribution in [0.3, 0.4) is 0 Å². The summed E-state index contributed by atoms with van der Waals surface area (Å²) in [5, 5.41) is 0. The summed E-state index contributed by atoms with van der Waals surface area (Å²) in [7, 11) is -3.79. The molecular weight excluding hydrogens is 376 g/mol. The highest BCUT2D eigenvalue weighted by molar-refractivity contribution is 7.86. The Morgan fingerprint density at radius 2 is 1.57 bits per heavy atom. The van der Waals surface area contributed by atoms with Crippen LogP contribution in [0.5, 0.6) is 0 Å². The Labute approximate surface area is 164 Å². The van der Waals surface area contributed by atoms with Gasteiger partial charge in [-0.1, -0.05) is 54.6 Å². The van der Waals surface area contributed by atoms with E-state index in [1.54, 1.807) is 55.5 Å². The lowest BCUT2D eigenvalue weighted by molar-refractivity contribution is 0.0526. The summed E-state index contributed by atoms with van der Waals surface area (Å²) in [5.74, 6) is -0.361. The maximum atomic E-state index is 12.2. The van der Waals surface area contributed by atoms with Crippen LogP contribution < -0.4 is 0 Å². The van der Waals surface area contributed by atoms with Crippen molar-refractivity contribution >= 4 is 16.1 Å². The highest BCUT2D eigenvalue weighted by atomic mass is 32.2. The lowest BCUT2D eigenvalue weighted by Crippen LogP contribution is -2.06. The van der Waals surface area contributed by atoms with E-state index >= 15 is 0 Å². The smallest absolute Gasteiger partial charge is 0.338 e. The molecule has 0 aliphatic heterocycles. The second kappa shape index (κ2) is 8.82. The van der Waals surface area contributed by atoms with Gasteiger partial charge in [-0.05, 0) is 47.9 Å². The van der Waals surface area contributed by atoms with Crippen molar-refractivity contribution in [3.05, 3.63) is 90.0 Å². The van der Waals surface area contributed by atoms with Crippen LogP contribution in [0.2, 0.25) is 0 Å². The minimum absolute atomic E-state index is 0.0552. The number of benzene rings is 3. The summed E-state index contributed by atoms with van der Waals surface area (Å²) >= 11 is 0. The number of hydrogen-bond acceptors (Lipinski definition) is 5. The normalized spacial score (nSPS) is 11.2. The van der Waals surface area contributed by atoms with Crippen molar-refractivity contribution in [3.63, 3.8) is 0 Å². The van der Waals surface area contributed by atoms with Gasteiger partial charge in [0.05, 0.1) is 23.7 Å². The van der Waals surface area contributed by atoms with Crippen molar-refractivity contribution in [2.75, 3.05) is 6.61 Å². The van der Waals surface area contributed by atoms with E-state index in [1.165, 1.54) is 12.1 Å². The maximum absolute atomic E-state index is 12.2. The highest BCUT2D eigenvalue weighted by Crippen LogP contribution is 2.22. The van der Waals surface area contributed by atoms with Gasteiger partial charge < -0.3 is 4.74 Å². The zero-order chi connectivity index (χ0) is 20.0. The van der Waals surface area contributed by atoms with Crippen LogP contribution in [0.15, 0.2) is 83.8 Å². The first-order chi connectivity index (χ1) is 13.5. The fourth-order valence-electron chi connectivity index (χ4n) is 2.63. The van der Waals surface area contributed by atoms with Crippen LogP contribution in [0.25, 0.3) is 11.1 Å². The molecule has 0 aliphatic rings. The molecule has 0 aliphatic carbocycles. The van der Waals surface area contributed by atoms with Gasteiger partial charge in [-0.15, -0.1) is 0 Å². The molecule has 0 unspecified atom stereocenters. The van der Waals surface area contributed by atoms with Gasteiger partial charge in [-0.25, -0.2) is 4.79 Å². The average Bonchev–Trinajstić information content (AvgIpc) is 2.74. The molecule has 28 heavy (non-hydrogen) atoms. The van der Waals surface area contributed by atoms with E-state index in [0.717, 1.165) is 16.7 Å². The van der Waals surface area contributed by atoms with Crippen molar-refractivity contribution in [2.45, 2.75) is 18.4 Å². The Balaban J connectivity index is 1.70. The number of carbonyl (C=O) groups is 1. The van der Waals surface area contributed by atoms with Crippen molar-refractivity contribution in [1.29, 1.82) is 0 Å². The summed E-state index contributed by atoms with van der Waals surface area (Å²) in [6.07, 6.45) is 0. The summed E-state index contributed by atoms with van der Waals surface area (Å²) in [6.45, 7) is 2.03. The fourth-order valence-corrected chi connectivity index (χ4v) is 3.55. The van der Waals surface area contributed by atoms with Crippen LogP contribution in [0, 0.1) is 0 Å². The number of esters is 1. The van der Waals surface area contributed by atoms with Crippen molar-refractivity contribution < 1.29 is 22.1 Å². The van der Waals surface area contributed by atoms with Crippen LogP contribution in [0.1, 0.15) is 22.8 Å². The van der Waals surface area contributed by atoms with Gasteiger partial charge in [-0.2, -0.15) is 8.42 Å². The summed E-state index contributed by atoms with van der Waals surface area (Å²) < 4.78 is 34.5. The molecule has 0 N–H and O–H groups in total. The Hall–Kier alpha value is -2.96. The molecule has 0 saturated heterocycles. The van der Waals surface area contributed by atoms with Gasteiger partial charge in [0.25, 0.3) is 10.1 Å². The van der Waals surface area contributed by atoms with Crippen molar-refractivity contribution in [2.24, 2.45) is 0 Å². The first-order valence-corrected chi connectivity index (χ1v) is 10.2. The summed E-state index contributed by atoms with van der Waals surface area (Å²) in [6, 6.07) is 22.5. The molecule has 6 heteroatoms. The highest BCUT2D eigenvalue weighted by Gasteiger charge is 2.14. The molecule has 0 amide bonds. The fraction of sp³-hybridized carbons (Fsp3) is 0.136. The zero-order valence-electron chi connectivity index (χ0n) is 15.4. The van der Waals surface area contributed by atoms with Crippen LogP contribution in [0.4, 0.5) is 0 Å². The SMILES string of the molecule is CCOC(=O)c1cccc(-c2ccc(COS(=O)(=O)c3ccccc3)cc2)c1. The topological polar surface area (TPSA) is 69.7 Å². The van der Waals surface area contributed by atoms with Crippen LogP contribution >= 0.6 is 0 Å². The van der Waals surface area contributed by atoms with E-state index in [-0.39, 0.29) is 17.5 Å². The molecule has 144 valence electrons. The van der Waals surface area contributed by atoms with Crippen LogP contribution in [-0.2, 0) is 25.6 Å². The molecule has 0 fully saturated rings. The molecular formula is C22H20O5S. The second-order valence-corrected chi connectivity index (χ2v) is 7.64. The molecule has 3 aromatic carbocycles. The zero-order valence-corrected chi connectivity index (χ0v) is 16.2. The molecule has 0 radical (unpaired) electrons. The van der Waals surface area contributed by atoms with E-state index in [9.17, 15) is 13.2 Å². The molecule has 0 spiro atoms. The summed E-state index contributed by atoms with van der Waals surface area (Å²) in [5.41, 5.74) is 2.99. The molecule has 0 heterocycles. The molecule has 0 saturated carbocycles. The Morgan fingerprint density at radius 1 is 0.857 bits per heavy atom. The molecule has 0 bridgehead atoms. The number of ether oxygens (including phenoxy) is 1.